The predicted octanol–water partition coefficient (Wildman–Crippen LogP) is 3.09. The molecule has 0 spiro atoms. The Balaban J connectivity index is 1.35. The second kappa shape index (κ2) is 8.49. The first-order chi connectivity index (χ1) is 14.5. The van der Waals surface area contributed by atoms with Crippen LogP contribution in [0.25, 0.3) is 0 Å². The van der Waals surface area contributed by atoms with Gasteiger partial charge in [-0.2, -0.15) is 0 Å². The molecule has 1 saturated carbocycles. The fourth-order valence-electron chi connectivity index (χ4n) is 3.90. The number of nitrogens with zero attached hydrogens (tertiary/aromatic N) is 1. The van der Waals surface area contributed by atoms with Crippen LogP contribution < -0.4 is 10.2 Å². The summed E-state index contributed by atoms with van der Waals surface area (Å²) in [5.74, 6) is -1.74. The van der Waals surface area contributed by atoms with Crippen LogP contribution in [0.2, 0.25) is 0 Å². The molecule has 0 atom stereocenters. The van der Waals surface area contributed by atoms with Gasteiger partial charge in [0.05, 0.1) is 22.4 Å². The van der Waals surface area contributed by atoms with E-state index in [1.165, 1.54) is 30.7 Å². The van der Waals surface area contributed by atoms with Gasteiger partial charge in [-0.1, -0.05) is 31.4 Å². The fourth-order valence-corrected chi connectivity index (χ4v) is 3.90. The molecule has 0 saturated heterocycles. The third kappa shape index (κ3) is 3.96. The van der Waals surface area contributed by atoms with Gasteiger partial charge in [0.25, 0.3) is 17.7 Å². The molecule has 2 aromatic carbocycles. The Labute approximate surface area is 174 Å². The van der Waals surface area contributed by atoms with E-state index in [0.29, 0.717) is 16.8 Å². The van der Waals surface area contributed by atoms with Crippen molar-refractivity contribution < 1.29 is 23.9 Å². The van der Waals surface area contributed by atoms with Gasteiger partial charge < -0.3 is 10.1 Å². The molecule has 1 heterocycles. The monoisotopic (exact) mass is 406 g/mol. The van der Waals surface area contributed by atoms with Gasteiger partial charge in [0.1, 0.15) is 0 Å². The first kappa shape index (κ1) is 19.8. The lowest BCUT2D eigenvalue weighted by Gasteiger charge is -2.22. The first-order valence-electron chi connectivity index (χ1n) is 10.1. The lowest BCUT2D eigenvalue weighted by atomic mass is 9.95. The average Bonchev–Trinajstić information content (AvgIpc) is 3.03. The number of fused-ring (bicyclic) bond motifs is 1. The third-order valence-electron chi connectivity index (χ3n) is 5.46. The molecule has 1 fully saturated rings. The Morgan fingerprint density at radius 3 is 2.10 bits per heavy atom. The van der Waals surface area contributed by atoms with Crippen molar-refractivity contribution in [2.45, 2.75) is 38.1 Å². The zero-order valence-electron chi connectivity index (χ0n) is 16.4. The number of benzene rings is 2. The van der Waals surface area contributed by atoms with Crippen LogP contribution in [0.3, 0.4) is 0 Å². The molecule has 0 aromatic heterocycles. The predicted molar refractivity (Wildman–Crippen MR) is 109 cm³/mol. The van der Waals surface area contributed by atoms with Gasteiger partial charge in [0, 0.05) is 6.04 Å². The van der Waals surface area contributed by atoms with E-state index in [-0.39, 0.29) is 24.1 Å². The minimum absolute atomic E-state index is 0.156. The van der Waals surface area contributed by atoms with Crippen molar-refractivity contribution in [1.82, 2.24) is 5.32 Å². The van der Waals surface area contributed by atoms with Crippen LogP contribution in [0.15, 0.2) is 48.5 Å². The van der Waals surface area contributed by atoms with Crippen molar-refractivity contribution in [3.8, 4) is 0 Å². The van der Waals surface area contributed by atoms with E-state index in [0.717, 1.165) is 30.6 Å². The molecule has 1 aliphatic carbocycles. The maximum Gasteiger partial charge on any atom is 0.338 e. The van der Waals surface area contributed by atoms with Crippen LogP contribution in [0, 0.1) is 0 Å². The van der Waals surface area contributed by atoms with E-state index in [2.05, 4.69) is 5.32 Å². The standard InChI is InChI=1S/C23H22N2O5/c26-20(24-16-6-2-1-3-7-16)14-30-23(29)15-10-12-17(13-11-15)25-21(27)18-8-4-5-9-19(18)22(25)28/h4-5,8-13,16H,1-3,6-7,14H2,(H,24,26). The highest BCUT2D eigenvalue weighted by Crippen LogP contribution is 2.28. The number of amides is 3. The Hall–Kier alpha value is -3.48. The molecule has 4 rings (SSSR count). The zero-order chi connectivity index (χ0) is 21.1. The number of rotatable bonds is 5. The van der Waals surface area contributed by atoms with Crippen LogP contribution in [0.4, 0.5) is 5.69 Å². The number of anilines is 1. The number of nitrogens with one attached hydrogen (secondary N) is 1. The maximum atomic E-state index is 12.5. The summed E-state index contributed by atoms with van der Waals surface area (Å²) >= 11 is 0. The summed E-state index contributed by atoms with van der Waals surface area (Å²) in [4.78, 5) is 50.4. The van der Waals surface area contributed by atoms with E-state index >= 15 is 0 Å². The molecule has 154 valence electrons. The van der Waals surface area contributed by atoms with Crippen molar-refractivity contribution in [3.63, 3.8) is 0 Å². The van der Waals surface area contributed by atoms with Crippen LogP contribution in [0.5, 0.6) is 0 Å². The van der Waals surface area contributed by atoms with E-state index in [9.17, 15) is 19.2 Å². The lowest BCUT2D eigenvalue weighted by Crippen LogP contribution is -2.38. The highest BCUT2D eigenvalue weighted by atomic mass is 16.5. The summed E-state index contributed by atoms with van der Waals surface area (Å²) in [6.07, 6.45) is 5.31. The molecule has 2 aliphatic rings. The summed E-state index contributed by atoms with van der Waals surface area (Å²) < 4.78 is 5.09. The summed E-state index contributed by atoms with van der Waals surface area (Å²) in [6.45, 7) is -0.338. The number of hydrogen-bond donors (Lipinski definition) is 1. The van der Waals surface area contributed by atoms with Gasteiger partial charge in [-0.25, -0.2) is 9.69 Å². The molecule has 0 unspecified atom stereocenters. The number of esters is 1. The van der Waals surface area contributed by atoms with Crippen molar-refractivity contribution in [2.24, 2.45) is 0 Å². The molecule has 2 aromatic rings. The first-order valence-corrected chi connectivity index (χ1v) is 10.1. The van der Waals surface area contributed by atoms with Crippen molar-refractivity contribution in [1.29, 1.82) is 0 Å². The summed E-state index contributed by atoms with van der Waals surface area (Å²) in [6, 6.07) is 12.8. The molecule has 1 N–H and O–H groups in total. The summed E-state index contributed by atoms with van der Waals surface area (Å²) in [7, 11) is 0. The molecule has 1 aliphatic heterocycles. The quantitative estimate of drug-likeness (QED) is 0.608. The normalized spacial score (nSPS) is 16.3. The van der Waals surface area contributed by atoms with Crippen LogP contribution >= 0.6 is 0 Å². The topological polar surface area (TPSA) is 92.8 Å². The minimum atomic E-state index is -0.636. The second-order valence-corrected chi connectivity index (χ2v) is 7.52. The summed E-state index contributed by atoms with van der Waals surface area (Å²) in [5, 5.41) is 2.89. The third-order valence-corrected chi connectivity index (χ3v) is 5.46. The summed E-state index contributed by atoms with van der Waals surface area (Å²) in [5.41, 5.74) is 1.32. The van der Waals surface area contributed by atoms with Gasteiger partial charge in [0.2, 0.25) is 0 Å². The van der Waals surface area contributed by atoms with E-state index in [1.54, 1.807) is 24.3 Å². The molecule has 0 bridgehead atoms. The SMILES string of the molecule is O=C(COC(=O)c1ccc(N2C(=O)c3ccccc3C2=O)cc1)NC1CCCCC1. The Kier molecular flexibility index (Phi) is 5.61. The largest absolute Gasteiger partial charge is 0.452 e. The number of carbonyl (C=O) groups excluding carboxylic acids is 4. The fraction of sp³-hybridized carbons (Fsp3) is 0.304. The second-order valence-electron chi connectivity index (χ2n) is 7.52. The molecule has 7 heteroatoms. The van der Waals surface area contributed by atoms with Crippen LogP contribution in [-0.4, -0.2) is 36.3 Å². The lowest BCUT2D eigenvalue weighted by molar-refractivity contribution is -0.125. The Morgan fingerprint density at radius 1 is 0.900 bits per heavy atom. The molecular formula is C23H22N2O5. The van der Waals surface area contributed by atoms with Crippen molar-refractivity contribution >= 4 is 29.4 Å². The Morgan fingerprint density at radius 2 is 1.50 bits per heavy atom. The molecule has 30 heavy (non-hydrogen) atoms. The molecule has 0 radical (unpaired) electrons. The smallest absolute Gasteiger partial charge is 0.338 e. The zero-order valence-corrected chi connectivity index (χ0v) is 16.4. The van der Waals surface area contributed by atoms with Gasteiger partial charge >= 0.3 is 5.97 Å². The molecule has 3 amide bonds. The Bertz CT molecular complexity index is 958. The van der Waals surface area contributed by atoms with E-state index < -0.39 is 17.8 Å². The highest BCUT2D eigenvalue weighted by Gasteiger charge is 2.36. The molecule has 7 nitrogen and oxygen atoms in total. The van der Waals surface area contributed by atoms with Crippen LogP contribution in [-0.2, 0) is 9.53 Å². The number of imide groups is 1. The van der Waals surface area contributed by atoms with Crippen molar-refractivity contribution in [2.75, 3.05) is 11.5 Å². The number of hydrogen-bond acceptors (Lipinski definition) is 5. The molecular weight excluding hydrogens is 384 g/mol. The van der Waals surface area contributed by atoms with Crippen LogP contribution in [0.1, 0.15) is 63.2 Å². The average molecular weight is 406 g/mol. The van der Waals surface area contributed by atoms with E-state index in [4.69, 9.17) is 4.74 Å². The van der Waals surface area contributed by atoms with Gasteiger partial charge in [0.15, 0.2) is 6.61 Å². The number of carbonyl (C=O) groups is 4. The van der Waals surface area contributed by atoms with Crippen molar-refractivity contribution in [3.05, 3.63) is 65.2 Å². The van der Waals surface area contributed by atoms with Gasteiger partial charge in [-0.05, 0) is 49.2 Å². The van der Waals surface area contributed by atoms with E-state index in [1.807, 2.05) is 0 Å². The van der Waals surface area contributed by atoms with Gasteiger partial charge in [-0.3, -0.25) is 14.4 Å². The minimum Gasteiger partial charge on any atom is -0.452 e. The number of ether oxygens (including phenoxy) is 1. The van der Waals surface area contributed by atoms with Gasteiger partial charge in [-0.15, -0.1) is 0 Å². The maximum absolute atomic E-state index is 12.5. The highest BCUT2D eigenvalue weighted by molar-refractivity contribution is 6.34.